The first-order valence-corrected chi connectivity index (χ1v) is 9.34. The third kappa shape index (κ3) is 3.27. The maximum atomic E-state index is 5.60. The second-order valence-electron chi connectivity index (χ2n) is 7.08. The van der Waals surface area contributed by atoms with Gasteiger partial charge in [-0.15, -0.1) is 0 Å². The molecule has 0 N–H and O–H groups in total. The molecule has 3 heteroatoms. The van der Waals surface area contributed by atoms with E-state index in [4.69, 9.17) is 4.74 Å². The van der Waals surface area contributed by atoms with Crippen molar-refractivity contribution in [2.75, 3.05) is 13.7 Å². The third-order valence-electron chi connectivity index (χ3n) is 5.31. The zero-order valence-electron chi connectivity index (χ0n) is 15.6. The first-order valence-electron chi connectivity index (χ1n) is 9.34. The third-order valence-corrected chi connectivity index (χ3v) is 5.31. The molecule has 0 amide bonds. The molecule has 0 saturated heterocycles. The molecule has 3 aromatic rings. The highest BCUT2D eigenvalue weighted by Gasteiger charge is 2.27. The van der Waals surface area contributed by atoms with Crippen molar-refractivity contribution in [1.29, 1.82) is 0 Å². The van der Waals surface area contributed by atoms with Gasteiger partial charge < -0.3 is 9.30 Å². The second-order valence-corrected chi connectivity index (χ2v) is 7.08. The van der Waals surface area contributed by atoms with Gasteiger partial charge in [0.1, 0.15) is 5.75 Å². The van der Waals surface area contributed by atoms with Crippen LogP contribution in [0.1, 0.15) is 34.8 Å². The Hall–Kier alpha value is -2.52. The van der Waals surface area contributed by atoms with Gasteiger partial charge in [-0.3, -0.25) is 4.90 Å². The van der Waals surface area contributed by atoms with Crippen LogP contribution < -0.4 is 4.74 Å². The largest absolute Gasteiger partial charge is 0.496 e. The monoisotopic (exact) mass is 346 g/mol. The normalized spacial score (nSPS) is 17.5. The quantitative estimate of drug-likeness (QED) is 0.675. The molecule has 26 heavy (non-hydrogen) atoms. The lowest BCUT2D eigenvalue weighted by molar-refractivity contribution is 0.217. The average Bonchev–Trinajstić information content (AvgIpc) is 3.05. The first-order chi connectivity index (χ1) is 12.8. The van der Waals surface area contributed by atoms with E-state index in [0.29, 0.717) is 0 Å². The fourth-order valence-electron chi connectivity index (χ4n) is 3.99. The van der Waals surface area contributed by atoms with Gasteiger partial charge >= 0.3 is 0 Å². The standard InChI is InChI=1S/C23H26N2O/c1-18-10-12-19(13-11-18)23-21-8-5-14-24(21)15-6-16-25(23)17-20-7-3-4-9-22(20)26-2/h3-5,7-14,23H,6,15-17H2,1-2H3/t23-/m0/s1. The van der Waals surface area contributed by atoms with Crippen LogP contribution in [0.25, 0.3) is 0 Å². The molecule has 0 spiro atoms. The van der Waals surface area contributed by atoms with E-state index in [1.807, 2.05) is 6.07 Å². The van der Waals surface area contributed by atoms with Crippen LogP contribution in [-0.4, -0.2) is 23.1 Å². The van der Waals surface area contributed by atoms with Crippen molar-refractivity contribution in [3.05, 3.63) is 89.2 Å². The molecule has 1 aromatic heterocycles. The van der Waals surface area contributed by atoms with Gasteiger partial charge in [-0.1, -0.05) is 48.0 Å². The van der Waals surface area contributed by atoms with Crippen LogP contribution >= 0.6 is 0 Å². The Morgan fingerprint density at radius 3 is 2.58 bits per heavy atom. The molecule has 2 aromatic carbocycles. The zero-order chi connectivity index (χ0) is 17.9. The van der Waals surface area contributed by atoms with Crippen molar-refractivity contribution in [2.45, 2.75) is 32.5 Å². The van der Waals surface area contributed by atoms with Gasteiger partial charge in [0, 0.05) is 37.1 Å². The average molecular weight is 346 g/mol. The van der Waals surface area contributed by atoms with Gasteiger partial charge in [0.25, 0.3) is 0 Å². The number of methoxy groups -OCH3 is 1. The van der Waals surface area contributed by atoms with E-state index >= 15 is 0 Å². The fourth-order valence-corrected chi connectivity index (χ4v) is 3.99. The van der Waals surface area contributed by atoms with E-state index in [0.717, 1.165) is 31.8 Å². The van der Waals surface area contributed by atoms with Crippen molar-refractivity contribution < 1.29 is 4.74 Å². The van der Waals surface area contributed by atoms with Crippen LogP contribution in [0.5, 0.6) is 5.75 Å². The summed E-state index contributed by atoms with van der Waals surface area (Å²) in [6.07, 6.45) is 3.36. The van der Waals surface area contributed by atoms with Gasteiger partial charge in [0.05, 0.1) is 13.2 Å². The minimum Gasteiger partial charge on any atom is -0.496 e. The predicted octanol–water partition coefficient (Wildman–Crippen LogP) is 4.80. The molecule has 0 radical (unpaired) electrons. The van der Waals surface area contributed by atoms with Gasteiger partial charge in [-0.2, -0.15) is 0 Å². The highest BCUT2D eigenvalue weighted by Crippen LogP contribution is 2.34. The second kappa shape index (κ2) is 7.38. The lowest BCUT2D eigenvalue weighted by Gasteiger charge is -2.31. The highest BCUT2D eigenvalue weighted by atomic mass is 16.5. The molecular weight excluding hydrogens is 320 g/mol. The van der Waals surface area contributed by atoms with Gasteiger partial charge in [0.2, 0.25) is 0 Å². The summed E-state index contributed by atoms with van der Waals surface area (Å²) < 4.78 is 8.01. The van der Waals surface area contributed by atoms with Crippen molar-refractivity contribution in [3.63, 3.8) is 0 Å². The fraction of sp³-hybridized carbons (Fsp3) is 0.304. The molecule has 1 aliphatic heterocycles. The Balaban J connectivity index is 1.74. The van der Waals surface area contributed by atoms with Gasteiger partial charge in [-0.25, -0.2) is 0 Å². The minimum atomic E-state index is 0.262. The lowest BCUT2D eigenvalue weighted by atomic mass is 10.00. The summed E-state index contributed by atoms with van der Waals surface area (Å²) >= 11 is 0. The summed E-state index contributed by atoms with van der Waals surface area (Å²) in [5.41, 5.74) is 5.27. The smallest absolute Gasteiger partial charge is 0.123 e. The Bertz CT molecular complexity index is 866. The first kappa shape index (κ1) is 16.9. The number of hydrogen-bond acceptors (Lipinski definition) is 2. The molecule has 0 aliphatic carbocycles. The Morgan fingerprint density at radius 2 is 1.77 bits per heavy atom. The molecule has 2 heterocycles. The molecular formula is C23H26N2O. The van der Waals surface area contributed by atoms with Crippen LogP contribution in [0.3, 0.4) is 0 Å². The minimum absolute atomic E-state index is 0.262. The van der Waals surface area contributed by atoms with Crippen LogP contribution in [0.2, 0.25) is 0 Å². The van der Waals surface area contributed by atoms with E-state index in [9.17, 15) is 0 Å². The Labute approximate surface area is 155 Å². The topological polar surface area (TPSA) is 17.4 Å². The molecule has 0 bridgehead atoms. The molecule has 4 rings (SSSR count). The number of rotatable bonds is 4. The number of hydrogen-bond donors (Lipinski definition) is 0. The molecule has 0 saturated carbocycles. The molecule has 0 unspecified atom stereocenters. The molecule has 1 aliphatic rings. The van der Waals surface area contributed by atoms with Crippen molar-refractivity contribution in [3.8, 4) is 5.75 Å². The number of para-hydroxylation sites is 1. The van der Waals surface area contributed by atoms with E-state index in [1.165, 1.54) is 22.4 Å². The Morgan fingerprint density at radius 1 is 0.962 bits per heavy atom. The summed E-state index contributed by atoms with van der Waals surface area (Å²) in [7, 11) is 1.75. The van der Waals surface area contributed by atoms with E-state index in [-0.39, 0.29) is 6.04 Å². The molecule has 134 valence electrons. The summed E-state index contributed by atoms with van der Waals surface area (Å²) in [5.74, 6) is 0.967. The van der Waals surface area contributed by atoms with Crippen molar-refractivity contribution >= 4 is 0 Å². The SMILES string of the molecule is COc1ccccc1CN1CCCn2cccc2[C@@H]1c1ccc(C)cc1. The van der Waals surface area contributed by atoms with E-state index < -0.39 is 0 Å². The maximum absolute atomic E-state index is 5.60. The lowest BCUT2D eigenvalue weighted by Crippen LogP contribution is -2.29. The van der Waals surface area contributed by atoms with Crippen molar-refractivity contribution in [1.82, 2.24) is 9.47 Å². The molecule has 1 atom stereocenters. The van der Waals surface area contributed by atoms with Crippen LogP contribution in [0, 0.1) is 6.92 Å². The van der Waals surface area contributed by atoms with Crippen LogP contribution in [0.4, 0.5) is 0 Å². The summed E-state index contributed by atoms with van der Waals surface area (Å²) in [4.78, 5) is 2.58. The number of fused-ring (bicyclic) bond motifs is 1. The number of aromatic nitrogens is 1. The Kier molecular flexibility index (Phi) is 4.81. The summed E-state index contributed by atoms with van der Waals surface area (Å²) in [6.45, 7) is 5.17. The van der Waals surface area contributed by atoms with Crippen molar-refractivity contribution in [2.24, 2.45) is 0 Å². The summed E-state index contributed by atoms with van der Waals surface area (Å²) in [6, 6.07) is 22.0. The maximum Gasteiger partial charge on any atom is 0.123 e. The molecule has 3 nitrogen and oxygen atoms in total. The number of benzene rings is 2. The van der Waals surface area contributed by atoms with E-state index in [1.54, 1.807) is 7.11 Å². The highest BCUT2D eigenvalue weighted by molar-refractivity contribution is 5.35. The zero-order valence-corrected chi connectivity index (χ0v) is 15.6. The predicted molar refractivity (Wildman–Crippen MR) is 105 cm³/mol. The van der Waals surface area contributed by atoms with Crippen LogP contribution in [-0.2, 0) is 13.1 Å². The number of aryl methyl sites for hydroxylation is 2. The summed E-state index contributed by atoms with van der Waals surface area (Å²) in [5, 5.41) is 0. The van der Waals surface area contributed by atoms with Gasteiger partial charge in [-0.05, 0) is 37.1 Å². The van der Waals surface area contributed by atoms with E-state index in [2.05, 4.69) is 77.2 Å². The van der Waals surface area contributed by atoms with Crippen LogP contribution in [0.15, 0.2) is 66.9 Å². The number of nitrogens with zero attached hydrogens (tertiary/aromatic N) is 2. The molecule has 0 fully saturated rings. The van der Waals surface area contributed by atoms with Gasteiger partial charge in [0.15, 0.2) is 0 Å². The number of ether oxygens (including phenoxy) is 1.